The molecule has 2 aromatic rings. The van der Waals surface area contributed by atoms with Gasteiger partial charge in [-0.2, -0.15) is 0 Å². The van der Waals surface area contributed by atoms with Crippen molar-refractivity contribution in [3.8, 4) is 0 Å². The topological polar surface area (TPSA) is 46.4 Å². The van der Waals surface area contributed by atoms with E-state index < -0.39 is 0 Å². The van der Waals surface area contributed by atoms with Gasteiger partial charge in [-0.25, -0.2) is 4.98 Å². The Morgan fingerprint density at radius 1 is 1.27 bits per heavy atom. The summed E-state index contributed by atoms with van der Waals surface area (Å²) in [7, 11) is 0. The van der Waals surface area contributed by atoms with Gasteiger partial charge in [-0.15, -0.1) is 0 Å². The van der Waals surface area contributed by atoms with Gasteiger partial charge in [0.15, 0.2) is 0 Å². The Labute approximate surface area is 131 Å². The summed E-state index contributed by atoms with van der Waals surface area (Å²) in [5.41, 5.74) is 3.59. The highest BCUT2D eigenvalue weighted by atomic mass is 16.2. The maximum absolute atomic E-state index is 12.8. The smallest absolute Gasteiger partial charge is 0.270 e. The lowest BCUT2D eigenvalue weighted by molar-refractivity contribution is 0.0926. The van der Waals surface area contributed by atoms with E-state index in [2.05, 4.69) is 17.2 Å². The van der Waals surface area contributed by atoms with E-state index in [1.54, 1.807) is 0 Å². The van der Waals surface area contributed by atoms with Crippen molar-refractivity contribution in [3.63, 3.8) is 0 Å². The third kappa shape index (κ3) is 3.01. The second-order valence-electron chi connectivity index (χ2n) is 6.36. The van der Waals surface area contributed by atoms with Gasteiger partial charge in [-0.05, 0) is 37.8 Å². The van der Waals surface area contributed by atoms with Crippen LogP contribution in [0.5, 0.6) is 0 Å². The molecular weight excluding hydrogens is 274 g/mol. The third-order valence-corrected chi connectivity index (χ3v) is 4.58. The van der Waals surface area contributed by atoms with E-state index in [0.717, 1.165) is 36.2 Å². The number of hydrogen-bond donors (Lipinski definition) is 1. The zero-order valence-electron chi connectivity index (χ0n) is 13.6. The van der Waals surface area contributed by atoms with Crippen molar-refractivity contribution in [1.82, 2.24) is 14.7 Å². The van der Waals surface area contributed by atoms with Gasteiger partial charge in [0.2, 0.25) is 0 Å². The maximum atomic E-state index is 12.8. The highest BCUT2D eigenvalue weighted by Crippen LogP contribution is 2.19. The van der Waals surface area contributed by atoms with E-state index >= 15 is 0 Å². The van der Waals surface area contributed by atoms with Crippen molar-refractivity contribution in [2.45, 2.75) is 64.8 Å². The Hall–Kier alpha value is -1.84. The molecule has 1 aliphatic carbocycles. The summed E-state index contributed by atoms with van der Waals surface area (Å²) in [6.07, 6.45) is 10.0. The molecule has 118 valence electrons. The molecule has 0 aromatic carbocycles. The standard InChI is InChI=1S/C18H25N3O/c1-3-15-17(21-12-13(2)10-11-16(21)20-15)18(22)19-14-8-6-4-5-7-9-14/h10-12,14H,3-9H2,1-2H3,(H,19,22). The molecule has 0 atom stereocenters. The van der Waals surface area contributed by atoms with Gasteiger partial charge in [0.25, 0.3) is 5.91 Å². The van der Waals surface area contributed by atoms with Gasteiger partial charge >= 0.3 is 0 Å². The Morgan fingerprint density at radius 2 is 2.00 bits per heavy atom. The van der Waals surface area contributed by atoms with E-state index in [1.165, 1.54) is 25.7 Å². The molecule has 0 bridgehead atoms. The predicted octanol–water partition coefficient (Wildman–Crippen LogP) is 3.66. The van der Waals surface area contributed by atoms with Crippen LogP contribution < -0.4 is 5.32 Å². The van der Waals surface area contributed by atoms with E-state index in [1.807, 2.05) is 29.7 Å². The molecule has 0 spiro atoms. The number of nitrogens with zero attached hydrogens (tertiary/aromatic N) is 2. The lowest BCUT2D eigenvalue weighted by atomic mass is 10.1. The number of aryl methyl sites for hydroxylation is 2. The Balaban J connectivity index is 1.90. The molecule has 2 heterocycles. The molecule has 2 aromatic heterocycles. The quantitative estimate of drug-likeness (QED) is 0.879. The maximum Gasteiger partial charge on any atom is 0.270 e. The fraction of sp³-hybridized carbons (Fsp3) is 0.556. The van der Waals surface area contributed by atoms with E-state index in [4.69, 9.17) is 0 Å². The largest absolute Gasteiger partial charge is 0.348 e. The normalized spacial score (nSPS) is 16.6. The van der Waals surface area contributed by atoms with Crippen LogP contribution >= 0.6 is 0 Å². The molecule has 1 saturated carbocycles. The SMILES string of the molecule is CCc1nc2ccc(C)cn2c1C(=O)NC1CCCCCC1. The second-order valence-corrected chi connectivity index (χ2v) is 6.36. The summed E-state index contributed by atoms with van der Waals surface area (Å²) < 4.78 is 1.94. The van der Waals surface area contributed by atoms with Crippen LogP contribution in [0.1, 0.15) is 67.2 Å². The molecule has 4 nitrogen and oxygen atoms in total. The van der Waals surface area contributed by atoms with Gasteiger partial charge in [0.1, 0.15) is 11.3 Å². The van der Waals surface area contributed by atoms with Crippen LogP contribution in [-0.4, -0.2) is 21.3 Å². The first kappa shape index (κ1) is 15.1. The molecule has 1 amide bonds. The van der Waals surface area contributed by atoms with E-state index in [-0.39, 0.29) is 5.91 Å². The number of imidazole rings is 1. The predicted molar refractivity (Wildman–Crippen MR) is 88.3 cm³/mol. The molecular formula is C18H25N3O. The number of carbonyl (C=O) groups excluding carboxylic acids is 1. The Kier molecular flexibility index (Phi) is 4.46. The molecule has 1 N–H and O–H groups in total. The third-order valence-electron chi connectivity index (χ3n) is 4.58. The second kappa shape index (κ2) is 6.51. The monoisotopic (exact) mass is 299 g/mol. The first-order valence-electron chi connectivity index (χ1n) is 8.47. The van der Waals surface area contributed by atoms with Crippen molar-refractivity contribution < 1.29 is 4.79 Å². The van der Waals surface area contributed by atoms with Crippen LogP contribution in [0.4, 0.5) is 0 Å². The number of hydrogen-bond acceptors (Lipinski definition) is 2. The molecule has 0 aliphatic heterocycles. The molecule has 0 radical (unpaired) electrons. The molecule has 1 fully saturated rings. The fourth-order valence-corrected chi connectivity index (χ4v) is 3.36. The minimum absolute atomic E-state index is 0.0295. The Morgan fingerprint density at radius 3 is 2.68 bits per heavy atom. The van der Waals surface area contributed by atoms with Crippen molar-refractivity contribution >= 4 is 11.6 Å². The summed E-state index contributed by atoms with van der Waals surface area (Å²) in [5, 5.41) is 3.25. The van der Waals surface area contributed by atoms with Crippen molar-refractivity contribution in [3.05, 3.63) is 35.3 Å². The molecule has 1 aliphatic rings. The van der Waals surface area contributed by atoms with Crippen LogP contribution in [0.25, 0.3) is 5.65 Å². The average Bonchev–Trinajstić information content (AvgIpc) is 2.67. The summed E-state index contributed by atoms with van der Waals surface area (Å²) in [4.78, 5) is 17.4. The van der Waals surface area contributed by atoms with Gasteiger partial charge < -0.3 is 5.32 Å². The van der Waals surface area contributed by atoms with Crippen molar-refractivity contribution in [1.29, 1.82) is 0 Å². The Bertz CT molecular complexity index is 666. The van der Waals surface area contributed by atoms with Crippen LogP contribution in [-0.2, 0) is 6.42 Å². The van der Waals surface area contributed by atoms with Crippen LogP contribution in [0.2, 0.25) is 0 Å². The number of rotatable bonds is 3. The minimum Gasteiger partial charge on any atom is -0.348 e. The first-order valence-corrected chi connectivity index (χ1v) is 8.47. The van der Waals surface area contributed by atoms with Crippen LogP contribution in [0, 0.1) is 6.92 Å². The molecule has 0 unspecified atom stereocenters. The zero-order valence-corrected chi connectivity index (χ0v) is 13.6. The minimum atomic E-state index is 0.0295. The van der Waals surface area contributed by atoms with Gasteiger partial charge in [-0.3, -0.25) is 9.20 Å². The van der Waals surface area contributed by atoms with Crippen molar-refractivity contribution in [2.75, 3.05) is 0 Å². The van der Waals surface area contributed by atoms with Gasteiger partial charge in [0, 0.05) is 12.2 Å². The molecule has 3 rings (SSSR count). The number of aromatic nitrogens is 2. The highest BCUT2D eigenvalue weighted by Gasteiger charge is 2.21. The number of pyridine rings is 1. The summed E-state index contributed by atoms with van der Waals surface area (Å²) in [6, 6.07) is 4.33. The fourth-order valence-electron chi connectivity index (χ4n) is 3.36. The molecule has 22 heavy (non-hydrogen) atoms. The number of carbonyl (C=O) groups is 1. The lowest BCUT2D eigenvalue weighted by Gasteiger charge is -2.16. The highest BCUT2D eigenvalue weighted by molar-refractivity contribution is 5.95. The van der Waals surface area contributed by atoms with E-state index in [0.29, 0.717) is 11.7 Å². The average molecular weight is 299 g/mol. The van der Waals surface area contributed by atoms with Crippen LogP contribution in [0.15, 0.2) is 18.3 Å². The number of amides is 1. The van der Waals surface area contributed by atoms with Crippen LogP contribution in [0.3, 0.4) is 0 Å². The van der Waals surface area contributed by atoms with E-state index in [9.17, 15) is 4.79 Å². The summed E-state index contributed by atoms with van der Waals surface area (Å²) >= 11 is 0. The first-order chi connectivity index (χ1) is 10.7. The van der Waals surface area contributed by atoms with Crippen molar-refractivity contribution in [2.24, 2.45) is 0 Å². The molecule has 0 saturated heterocycles. The summed E-state index contributed by atoms with van der Waals surface area (Å²) in [6.45, 7) is 4.09. The number of fused-ring (bicyclic) bond motifs is 1. The van der Waals surface area contributed by atoms with Gasteiger partial charge in [-0.1, -0.05) is 38.7 Å². The number of nitrogens with one attached hydrogen (secondary N) is 1. The lowest BCUT2D eigenvalue weighted by Crippen LogP contribution is -2.35. The summed E-state index contributed by atoms with van der Waals surface area (Å²) in [5.74, 6) is 0.0295. The zero-order chi connectivity index (χ0) is 15.5. The van der Waals surface area contributed by atoms with Gasteiger partial charge in [0.05, 0.1) is 5.69 Å². The molecule has 4 heteroatoms.